The Balaban J connectivity index is 1.56. The first-order valence-electron chi connectivity index (χ1n) is 6.97. The van der Waals surface area contributed by atoms with E-state index in [4.69, 9.17) is 39.3 Å². The Morgan fingerprint density at radius 3 is 2.68 bits per heavy atom. The molecule has 0 atom stereocenters. The fourth-order valence-corrected chi connectivity index (χ4v) is 2.82. The van der Waals surface area contributed by atoms with Gasteiger partial charge in [-0.1, -0.05) is 45.2 Å². The third-order valence-electron chi connectivity index (χ3n) is 3.31. The Hall–Kier alpha value is -2.42. The van der Waals surface area contributed by atoms with E-state index in [1.54, 1.807) is 35.3 Å². The van der Waals surface area contributed by atoms with Gasteiger partial charge in [0.15, 0.2) is 5.69 Å². The number of benzene rings is 1. The van der Waals surface area contributed by atoms with Gasteiger partial charge in [0, 0.05) is 6.20 Å². The van der Waals surface area contributed by atoms with E-state index in [1.165, 1.54) is 0 Å². The van der Waals surface area contributed by atoms with Crippen LogP contribution in [0.15, 0.2) is 35.1 Å². The molecule has 0 saturated carbocycles. The number of aromatic amines is 1. The molecule has 4 rings (SSSR count). The summed E-state index contributed by atoms with van der Waals surface area (Å²) in [5, 5.41) is 19.7. The lowest BCUT2D eigenvalue weighted by atomic mass is 10.2. The number of H-pyrrole nitrogens is 1. The highest BCUT2D eigenvalue weighted by atomic mass is 35.5. The van der Waals surface area contributed by atoms with Crippen LogP contribution in [0.1, 0.15) is 5.56 Å². The molecule has 0 aliphatic rings. The maximum absolute atomic E-state index is 6.04. The maximum Gasteiger partial charge on any atom is 0.276 e. The summed E-state index contributed by atoms with van der Waals surface area (Å²) in [5.41, 5.74) is 1.93. The van der Waals surface area contributed by atoms with E-state index in [9.17, 15) is 0 Å². The standard InChI is InChI=1S/C14H8Cl3N7O/c15-8-3-7(4-9(16)12(8)17)5-24-6-11(21-23-24)13-19-14(25-22-13)10-1-2-18-20-10/h1-4,6H,5H2,(H,18,20). The minimum Gasteiger partial charge on any atom is -0.332 e. The highest BCUT2D eigenvalue weighted by molar-refractivity contribution is 6.48. The van der Waals surface area contributed by atoms with Crippen molar-refractivity contribution in [2.24, 2.45) is 0 Å². The Bertz CT molecular complexity index is 1000. The van der Waals surface area contributed by atoms with E-state index in [1.807, 2.05) is 0 Å². The van der Waals surface area contributed by atoms with Gasteiger partial charge in [0.25, 0.3) is 5.89 Å². The molecule has 11 heteroatoms. The van der Waals surface area contributed by atoms with Crippen LogP contribution in [-0.4, -0.2) is 35.3 Å². The van der Waals surface area contributed by atoms with Gasteiger partial charge in [-0.2, -0.15) is 10.1 Å². The lowest BCUT2D eigenvalue weighted by Gasteiger charge is -2.05. The van der Waals surface area contributed by atoms with Crippen molar-refractivity contribution in [3.63, 3.8) is 0 Å². The first-order chi connectivity index (χ1) is 12.1. The fourth-order valence-electron chi connectivity index (χ4n) is 2.18. The van der Waals surface area contributed by atoms with Crippen molar-refractivity contribution in [2.45, 2.75) is 6.54 Å². The molecule has 0 radical (unpaired) electrons. The van der Waals surface area contributed by atoms with Crippen molar-refractivity contribution in [3.8, 4) is 23.1 Å². The molecule has 25 heavy (non-hydrogen) atoms. The molecule has 4 aromatic rings. The minimum absolute atomic E-state index is 0.318. The Labute approximate surface area is 155 Å². The van der Waals surface area contributed by atoms with E-state index >= 15 is 0 Å². The average molecular weight is 397 g/mol. The lowest BCUT2D eigenvalue weighted by Crippen LogP contribution is -2.00. The summed E-state index contributed by atoms with van der Waals surface area (Å²) in [6, 6.07) is 5.17. The van der Waals surface area contributed by atoms with E-state index in [0.717, 1.165) is 5.56 Å². The SMILES string of the molecule is Clc1cc(Cn2cc(-c3noc(-c4ccn[nH]4)n3)nn2)cc(Cl)c1Cl. The largest absolute Gasteiger partial charge is 0.332 e. The molecule has 0 saturated heterocycles. The number of halogens is 3. The lowest BCUT2D eigenvalue weighted by molar-refractivity contribution is 0.430. The zero-order chi connectivity index (χ0) is 17.4. The minimum atomic E-state index is 0.318. The van der Waals surface area contributed by atoms with Crippen LogP contribution >= 0.6 is 34.8 Å². The Morgan fingerprint density at radius 2 is 1.96 bits per heavy atom. The first kappa shape index (κ1) is 16.1. The quantitative estimate of drug-likeness (QED) is 0.528. The Morgan fingerprint density at radius 1 is 1.16 bits per heavy atom. The normalized spacial score (nSPS) is 11.2. The molecule has 126 valence electrons. The summed E-state index contributed by atoms with van der Waals surface area (Å²) in [6.07, 6.45) is 3.29. The Kier molecular flexibility index (Phi) is 4.16. The number of nitrogens with one attached hydrogen (secondary N) is 1. The second kappa shape index (κ2) is 6.47. The zero-order valence-electron chi connectivity index (χ0n) is 12.3. The van der Waals surface area contributed by atoms with Crippen molar-refractivity contribution >= 4 is 34.8 Å². The fraction of sp³-hybridized carbons (Fsp3) is 0.0714. The van der Waals surface area contributed by atoms with Gasteiger partial charge < -0.3 is 4.52 Å². The van der Waals surface area contributed by atoms with Gasteiger partial charge in [-0.25, -0.2) is 4.68 Å². The molecule has 0 fully saturated rings. The number of hydrogen-bond donors (Lipinski definition) is 1. The summed E-state index contributed by atoms with van der Waals surface area (Å²) in [6.45, 7) is 0.412. The van der Waals surface area contributed by atoms with Crippen LogP contribution in [0.2, 0.25) is 15.1 Å². The molecule has 1 aromatic carbocycles. The summed E-state index contributed by atoms with van der Waals surface area (Å²) in [5.74, 6) is 0.640. The number of hydrogen-bond acceptors (Lipinski definition) is 6. The van der Waals surface area contributed by atoms with Crippen LogP contribution in [0.25, 0.3) is 23.1 Å². The predicted molar refractivity (Wildman–Crippen MR) is 91.5 cm³/mol. The van der Waals surface area contributed by atoms with Crippen molar-refractivity contribution in [1.82, 2.24) is 35.3 Å². The van der Waals surface area contributed by atoms with Crippen LogP contribution in [0.3, 0.4) is 0 Å². The van der Waals surface area contributed by atoms with Crippen LogP contribution in [0.5, 0.6) is 0 Å². The molecule has 0 unspecified atom stereocenters. The van der Waals surface area contributed by atoms with E-state index in [0.29, 0.717) is 44.7 Å². The molecular formula is C14H8Cl3N7O. The highest BCUT2D eigenvalue weighted by Gasteiger charge is 2.15. The van der Waals surface area contributed by atoms with Gasteiger partial charge >= 0.3 is 0 Å². The monoisotopic (exact) mass is 395 g/mol. The van der Waals surface area contributed by atoms with Crippen molar-refractivity contribution in [1.29, 1.82) is 0 Å². The molecule has 0 bridgehead atoms. The molecule has 8 nitrogen and oxygen atoms in total. The van der Waals surface area contributed by atoms with E-state index in [2.05, 4.69) is 30.7 Å². The summed E-state index contributed by atoms with van der Waals surface area (Å²) in [7, 11) is 0. The molecule has 0 spiro atoms. The molecule has 3 aromatic heterocycles. The number of aromatic nitrogens is 7. The molecule has 1 N–H and O–H groups in total. The van der Waals surface area contributed by atoms with Gasteiger partial charge in [-0.05, 0) is 23.8 Å². The average Bonchev–Trinajstić information content (AvgIpc) is 3.32. The molecule has 0 aliphatic carbocycles. The molecule has 3 heterocycles. The number of rotatable bonds is 4. The molecule has 0 aliphatic heterocycles. The van der Waals surface area contributed by atoms with E-state index < -0.39 is 0 Å². The van der Waals surface area contributed by atoms with Crippen molar-refractivity contribution < 1.29 is 4.52 Å². The smallest absolute Gasteiger partial charge is 0.276 e. The highest BCUT2D eigenvalue weighted by Crippen LogP contribution is 2.31. The van der Waals surface area contributed by atoms with Crippen molar-refractivity contribution in [2.75, 3.05) is 0 Å². The van der Waals surface area contributed by atoms with Crippen molar-refractivity contribution in [3.05, 3.63) is 51.2 Å². The summed E-state index contributed by atoms with van der Waals surface area (Å²) < 4.78 is 6.79. The molecule has 0 amide bonds. The molecular weight excluding hydrogens is 389 g/mol. The van der Waals surface area contributed by atoms with Gasteiger partial charge in [0.1, 0.15) is 5.69 Å². The maximum atomic E-state index is 6.04. The second-order valence-corrected chi connectivity index (χ2v) is 6.26. The van der Waals surface area contributed by atoms with Gasteiger partial charge in [0.05, 0.1) is 27.8 Å². The number of nitrogens with zero attached hydrogens (tertiary/aromatic N) is 6. The topological polar surface area (TPSA) is 98.3 Å². The summed E-state index contributed by atoms with van der Waals surface area (Å²) >= 11 is 18.0. The van der Waals surface area contributed by atoms with Gasteiger partial charge in [-0.3, -0.25) is 5.10 Å². The van der Waals surface area contributed by atoms with Crippen LogP contribution in [0.4, 0.5) is 0 Å². The first-order valence-corrected chi connectivity index (χ1v) is 8.11. The van der Waals surface area contributed by atoms with Crippen LogP contribution in [-0.2, 0) is 6.54 Å². The zero-order valence-corrected chi connectivity index (χ0v) is 14.6. The van der Waals surface area contributed by atoms with Crippen LogP contribution < -0.4 is 0 Å². The van der Waals surface area contributed by atoms with E-state index in [-0.39, 0.29) is 0 Å². The van der Waals surface area contributed by atoms with Gasteiger partial charge in [-0.15, -0.1) is 5.10 Å². The summed E-state index contributed by atoms with van der Waals surface area (Å²) in [4.78, 5) is 4.26. The van der Waals surface area contributed by atoms with Crippen LogP contribution in [0, 0.1) is 0 Å². The third-order valence-corrected chi connectivity index (χ3v) is 4.51. The predicted octanol–water partition coefficient (Wildman–Crippen LogP) is 3.73. The van der Waals surface area contributed by atoms with Gasteiger partial charge in [0.2, 0.25) is 5.82 Å². The second-order valence-electron chi connectivity index (χ2n) is 5.07. The third kappa shape index (κ3) is 3.23.